The smallest absolute Gasteiger partial charge is 0.250 e. The maximum atomic E-state index is 12.7. The van der Waals surface area contributed by atoms with Crippen molar-refractivity contribution in [3.05, 3.63) is 24.3 Å². The zero-order chi connectivity index (χ0) is 17.0. The Balaban J connectivity index is 1.61. The quantitative estimate of drug-likeness (QED) is 0.816. The zero-order valence-corrected chi connectivity index (χ0v) is 14.6. The van der Waals surface area contributed by atoms with E-state index in [4.69, 9.17) is 4.74 Å². The molecule has 1 aromatic carbocycles. The fraction of sp³-hybridized carbons (Fsp3) is 0.588. The second-order valence-corrected chi connectivity index (χ2v) is 8.44. The van der Waals surface area contributed by atoms with Crippen LogP contribution in [0.2, 0.25) is 0 Å². The van der Waals surface area contributed by atoms with E-state index in [1.807, 2.05) is 0 Å². The van der Waals surface area contributed by atoms with E-state index in [9.17, 15) is 13.2 Å². The van der Waals surface area contributed by atoms with Gasteiger partial charge in [-0.1, -0.05) is 12.5 Å². The molecule has 0 atom stereocenters. The summed E-state index contributed by atoms with van der Waals surface area (Å²) >= 11 is 0. The molecule has 0 radical (unpaired) electrons. The predicted molar refractivity (Wildman–Crippen MR) is 91.2 cm³/mol. The lowest BCUT2D eigenvalue weighted by molar-refractivity contribution is -0.120. The number of sulfonamides is 1. The second kappa shape index (κ2) is 7.63. The number of nitrogens with one attached hydrogen (secondary N) is 1. The van der Waals surface area contributed by atoms with Crippen molar-refractivity contribution in [3.63, 3.8) is 0 Å². The Bertz CT molecular complexity index is 680. The van der Waals surface area contributed by atoms with Crippen molar-refractivity contribution >= 4 is 21.6 Å². The van der Waals surface area contributed by atoms with Crippen LogP contribution in [0.1, 0.15) is 32.1 Å². The average Bonchev–Trinajstić information content (AvgIpc) is 3.40. The highest BCUT2D eigenvalue weighted by molar-refractivity contribution is 7.89. The van der Waals surface area contributed by atoms with Crippen molar-refractivity contribution < 1.29 is 17.9 Å². The van der Waals surface area contributed by atoms with E-state index in [1.54, 1.807) is 18.2 Å². The molecule has 2 aliphatic rings. The van der Waals surface area contributed by atoms with Gasteiger partial charge >= 0.3 is 0 Å². The Morgan fingerprint density at radius 1 is 1.21 bits per heavy atom. The Morgan fingerprint density at radius 2 is 1.96 bits per heavy atom. The van der Waals surface area contributed by atoms with Gasteiger partial charge in [0.1, 0.15) is 6.61 Å². The minimum absolute atomic E-state index is 0.000394. The van der Waals surface area contributed by atoms with Gasteiger partial charge in [-0.05, 0) is 49.8 Å². The van der Waals surface area contributed by atoms with Crippen LogP contribution in [0.5, 0.6) is 0 Å². The molecule has 7 heteroatoms. The number of carbonyl (C=O) groups is 1. The van der Waals surface area contributed by atoms with E-state index in [0.29, 0.717) is 31.3 Å². The van der Waals surface area contributed by atoms with Crippen LogP contribution < -0.4 is 5.32 Å². The molecule has 1 amide bonds. The molecule has 0 aromatic heterocycles. The Morgan fingerprint density at radius 3 is 2.67 bits per heavy atom. The van der Waals surface area contributed by atoms with Gasteiger partial charge < -0.3 is 10.1 Å². The van der Waals surface area contributed by atoms with Gasteiger partial charge in [0, 0.05) is 18.8 Å². The molecule has 0 spiro atoms. The largest absolute Gasteiger partial charge is 0.371 e. The van der Waals surface area contributed by atoms with Crippen molar-refractivity contribution in [2.24, 2.45) is 5.92 Å². The minimum atomic E-state index is -3.49. The third-order valence-electron chi connectivity index (χ3n) is 4.35. The molecule has 132 valence electrons. The van der Waals surface area contributed by atoms with Crippen molar-refractivity contribution in [1.82, 2.24) is 4.31 Å². The minimum Gasteiger partial charge on any atom is -0.371 e. The summed E-state index contributed by atoms with van der Waals surface area (Å²) in [5, 5.41) is 2.70. The number of hydrogen-bond donors (Lipinski definition) is 1. The predicted octanol–water partition coefficient (Wildman–Crippen LogP) is 2.23. The van der Waals surface area contributed by atoms with Crippen LogP contribution in [0.25, 0.3) is 0 Å². The highest BCUT2D eigenvalue weighted by atomic mass is 32.2. The Hall–Kier alpha value is -1.44. The summed E-state index contributed by atoms with van der Waals surface area (Å²) in [6.07, 6.45) is 5.22. The van der Waals surface area contributed by atoms with E-state index < -0.39 is 10.0 Å². The first-order valence-electron chi connectivity index (χ1n) is 8.53. The molecule has 0 unspecified atom stereocenters. The van der Waals surface area contributed by atoms with Crippen molar-refractivity contribution in [3.8, 4) is 0 Å². The van der Waals surface area contributed by atoms with Gasteiger partial charge in [0.25, 0.3) is 0 Å². The molecule has 1 saturated carbocycles. The molecule has 2 fully saturated rings. The maximum Gasteiger partial charge on any atom is 0.250 e. The number of amides is 1. The van der Waals surface area contributed by atoms with E-state index in [0.717, 1.165) is 19.3 Å². The van der Waals surface area contributed by atoms with Gasteiger partial charge in [-0.2, -0.15) is 4.31 Å². The number of carbonyl (C=O) groups excluding carboxylic acids is 1. The molecule has 1 aliphatic carbocycles. The number of rotatable bonds is 7. The first kappa shape index (κ1) is 17.4. The summed E-state index contributed by atoms with van der Waals surface area (Å²) in [4.78, 5) is 12.1. The van der Waals surface area contributed by atoms with Gasteiger partial charge in [0.15, 0.2) is 0 Å². The summed E-state index contributed by atoms with van der Waals surface area (Å²) in [5.74, 6) is 0.346. The van der Waals surface area contributed by atoms with Gasteiger partial charge in [-0.3, -0.25) is 4.79 Å². The molecule has 1 aromatic rings. The molecule has 1 N–H and O–H groups in total. The van der Waals surface area contributed by atoms with E-state index in [-0.39, 0.29) is 17.4 Å². The number of benzene rings is 1. The lowest BCUT2D eigenvalue weighted by Crippen LogP contribution is -2.35. The van der Waals surface area contributed by atoms with Crippen LogP contribution >= 0.6 is 0 Å². The van der Waals surface area contributed by atoms with Gasteiger partial charge in [0.05, 0.1) is 11.5 Å². The maximum absolute atomic E-state index is 12.7. The molecule has 0 bridgehead atoms. The summed E-state index contributed by atoms with van der Waals surface area (Å²) in [5.41, 5.74) is 0.480. The summed E-state index contributed by atoms with van der Waals surface area (Å²) in [6.45, 7) is 1.75. The van der Waals surface area contributed by atoms with Crippen LogP contribution in [0, 0.1) is 5.92 Å². The lowest BCUT2D eigenvalue weighted by atomic mass is 10.2. The molecule has 1 saturated heterocycles. The fourth-order valence-corrected chi connectivity index (χ4v) is 4.35. The fourth-order valence-electron chi connectivity index (χ4n) is 2.79. The van der Waals surface area contributed by atoms with Gasteiger partial charge in [-0.25, -0.2) is 8.42 Å². The number of piperidine rings is 1. The third kappa shape index (κ3) is 4.55. The first-order valence-corrected chi connectivity index (χ1v) is 9.97. The van der Waals surface area contributed by atoms with Crippen molar-refractivity contribution in [2.75, 3.05) is 31.6 Å². The highest BCUT2D eigenvalue weighted by Gasteiger charge is 2.26. The molecular formula is C17H24N2O4S. The van der Waals surface area contributed by atoms with E-state index in [2.05, 4.69) is 5.32 Å². The standard InChI is InChI=1S/C17H24N2O4S/c20-17(13-23-12-14-7-8-14)18-15-5-4-6-16(11-15)24(21,22)19-9-2-1-3-10-19/h4-6,11,14H,1-3,7-10,12-13H2,(H,18,20). The zero-order valence-electron chi connectivity index (χ0n) is 13.7. The van der Waals surface area contributed by atoms with Crippen LogP contribution in [0.15, 0.2) is 29.2 Å². The number of anilines is 1. The van der Waals surface area contributed by atoms with Crippen molar-refractivity contribution in [2.45, 2.75) is 37.0 Å². The average molecular weight is 352 g/mol. The summed E-state index contributed by atoms with van der Waals surface area (Å²) in [7, 11) is -3.49. The van der Waals surface area contributed by atoms with Crippen LogP contribution in [0.3, 0.4) is 0 Å². The van der Waals surface area contributed by atoms with Crippen molar-refractivity contribution in [1.29, 1.82) is 0 Å². The van der Waals surface area contributed by atoms with Crippen LogP contribution in [-0.2, 0) is 19.6 Å². The normalized spacial score (nSPS) is 19.2. The molecule has 24 heavy (non-hydrogen) atoms. The highest BCUT2D eigenvalue weighted by Crippen LogP contribution is 2.28. The summed E-state index contributed by atoms with van der Waals surface area (Å²) in [6, 6.07) is 6.43. The molecule has 6 nitrogen and oxygen atoms in total. The third-order valence-corrected chi connectivity index (χ3v) is 6.25. The first-order chi connectivity index (χ1) is 11.6. The van der Waals surface area contributed by atoms with E-state index >= 15 is 0 Å². The Labute approximate surface area is 143 Å². The Kier molecular flexibility index (Phi) is 5.53. The molecule has 3 rings (SSSR count). The molecule has 1 aliphatic heterocycles. The lowest BCUT2D eigenvalue weighted by Gasteiger charge is -2.26. The van der Waals surface area contributed by atoms with Crippen LogP contribution in [-0.4, -0.2) is 44.9 Å². The monoisotopic (exact) mass is 352 g/mol. The molecule has 1 heterocycles. The summed E-state index contributed by atoms with van der Waals surface area (Å²) < 4.78 is 32.2. The number of nitrogens with zero attached hydrogens (tertiary/aromatic N) is 1. The number of hydrogen-bond acceptors (Lipinski definition) is 4. The number of ether oxygens (including phenoxy) is 1. The van der Waals surface area contributed by atoms with Gasteiger partial charge in [-0.15, -0.1) is 0 Å². The second-order valence-electron chi connectivity index (χ2n) is 6.50. The topological polar surface area (TPSA) is 75.7 Å². The molecular weight excluding hydrogens is 328 g/mol. The van der Waals surface area contributed by atoms with Gasteiger partial charge in [0.2, 0.25) is 15.9 Å². The van der Waals surface area contributed by atoms with Crippen LogP contribution in [0.4, 0.5) is 5.69 Å². The van der Waals surface area contributed by atoms with E-state index in [1.165, 1.54) is 23.2 Å². The SMILES string of the molecule is O=C(COCC1CC1)Nc1cccc(S(=O)(=O)N2CCCCC2)c1.